The molecule has 0 atom stereocenters. The number of anilines is 2. The van der Waals surface area contributed by atoms with Crippen LogP contribution in [-0.2, 0) is 21.4 Å². The second-order valence-corrected chi connectivity index (χ2v) is 7.29. The number of halogens is 1. The molecule has 11 heteroatoms. The molecule has 0 aromatic carbocycles. The van der Waals surface area contributed by atoms with Gasteiger partial charge in [-0.2, -0.15) is 8.42 Å². The van der Waals surface area contributed by atoms with Crippen LogP contribution in [-0.4, -0.2) is 43.9 Å². The average molecular weight is 377 g/mol. The topological polar surface area (TPSA) is 130 Å². The van der Waals surface area contributed by atoms with Gasteiger partial charge in [0.1, 0.15) is 18.0 Å². The standard InChI is InChI=1S/C13H20N6O3S.ClH/c14-23(21,22)17-4-1-9-2-5-19(6-3-9)13-10-7-11(20)18-12(10)15-8-16-13;/h8-9,17H,1-7H2,(H2,14,21,22)(H,15,16,18,20);1H. The maximum Gasteiger partial charge on any atom is 0.274 e. The van der Waals surface area contributed by atoms with Gasteiger partial charge in [-0.25, -0.2) is 19.8 Å². The van der Waals surface area contributed by atoms with Crippen LogP contribution in [0.15, 0.2) is 6.33 Å². The van der Waals surface area contributed by atoms with Crippen molar-refractivity contribution < 1.29 is 13.2 Å². The first-order valence-corrected chi connectivity index (χ1v) is 9.13. The number of rotatable bonds is 5. The third-order valence-corrected chi connectivity index (χ3v) is 4.89. The smallest absolute Gasteiger partial charge is 0.274 e. The van der Waals surface area contributed by atoms with Crippen LogP contribution in [0.5, 0.6) is 0 Å². The van der Waals surface area contributed by atoms with Crippen molar-refractivity contribution in [1.82, 2.24) is 14.7 Å². The van der Waals surface area contributed by atoms with Gasteiger partial charge in [-0.1, -0.05) is 0 Å². The lowest BCUT2D eigenvalue weighted by atomic mass is 9.93. The normalized spacial score (nSPS) is 18.0. The molecule has 2 aliphatic heterocycles. The van der Waals surface area contributed by atoms with E-state index in [-0.39, 0.29) is 18.3 Å². The summed E-state index contributed by atoms with van der Waals surface area (Å²) in [5.41, 5.74) is 0.867. The van der Waals surface area contributed by atoms with Gasteiger partial charge in [0, 0.05) is 25.2 Å². The van der Waals surface area contributed by atoms with E-state index in [1.165, 1.54) is 6.33 Å². The molecule has 1 saturated heterocycles. The maximum absolute atomic E-state index is 11.5. The average Bonchev–Trinajstić information content (AvgIpc) is 2.87. The quantitative estimate of drug-likeness (QED) is 0.652. The molecule has 2 aliphatic rings. The number of aromatic nitrogens is 2. The minimum Gasteiger partial charge on any atom is -0.356 e. The van der Waals surface area contributed by atoms with Gasteiger partial charge in [0.2, 0.25) is 5.91 Å². The van der Waals surface area contributed by atoms with E-state index in [1.54, 1.807) is 0 Å². The summed E-state index contributed by atoms with van der Waals surface area (Å²) >= 11 is 0. The summed E-state index contributed by atoms with van der Waals surface area (Å²) in [7, 11) is -3.61. The van der Waals surface area contributed by atoms with Crippen molar-refractivity contribution in [1.29, 1.82) is 0 Å². The predicted octanol–water partition coefficient (Wildman–Crippen LogP) is -0.207. The number of nitrogens with two attached hydrogens (primary N) is 1. The second-order valence-electron chi connectivity index (χ2n) is 5.91. The number of fused-ring (bicyclic) bond motifs is 1. The molecule has 134 valence electrons. The number of hydrogen-bond donors (Lipinski definition) is 3. The summed E-state index contributed by atoms with van der Waals surface area (Å²) in [6.45, 7) is 2.03. The highest BCUT2D eigenvalue weighted by Gasteiger charge is 2.28. The second kappa shape index (κ2) is 7.60. The fourth-order valence-electron chi connectivity index (χ4n) is 3.12. The van der Waals surface area contributed by atoms with Gasteiger partial charge in [-0.05, 0) is 25.2 Å². The van der Waals surface area contributed by atoms with Gasteiger partial charge in [0.25, 0.3) is 10.2 Å². The van der Waals surface area contributed by atoms with Crippen LogP contribution in [0.2, 0.25) is 0 Å². The van der Waals surface area contributed by atoms with Gasteiger partial charge >= 0.3 is 0 Å². The van der Waals surface area contributed by atoms with Crippen molar-refractivity contribution in [3.8, 4) is 0 Å². The number of hydrogen-bond acceptors (Lipinski definition) is 6. The molecule has 0 radical (unpaired) electrons. The molecule has 4 N–H and O–H groups in total. The highest BCUT2D eigenvalue weighted by atomic mass is 35.5. The first kappa shape index (κ1) is 18.8. The molecule has 1 amide bonds. The zero-order valence-corrected chi connectivity index (χ0v) is 14.7. The summed E-state index contributed by atoms with van der Waals surface area (Å²) in [4.78, 5) is 22.1. The van der Waals surface area contributed by atoms with Gasteiger partial charge < -0.3 is 10.2 Å². The molecule has 3 heterocycles. The highest BCUT2D eigenvalue weighted by Crippen LogP contribution is 2.31. The molecule has 3 rings (SSSR count). The molecule has 0 bridgehead atoms. The van der Waals surface area contributed by atoms with E-state index in [2.05, 4.69) is 24.9 Å². The Labute approximate surface area is 147 Å². The number of amides is 1. The van der Waals surface area contributed by atoms with E-state index in [0.29, 0.717) is 24.7 Å². The Kier molecular flexibility index (Phi) is 5.97. The lowest BCUT2D eigenvalue weighted by molar-refractivity contribution is -0.115. The Morgan fingerprint density at radius 2 is 2.04 bits per heavy atom. The summed E-state index contributed by atoms with van der Waals surface area (Å²) < 4.78 is 24.0. The molecule has 24 heavy (non-hydrogen) atoms. The largest absolute Gasteiger partial charge is 0.356 e. The van der Waals surface area contributed by atoms with Crippen LogP contribution in [0.25, 0.3) is 0 Å². The first-order chi connectivity index (χ1) is 10.9. The highest BCUT2D eigenvalue weighted by molar-refractivity contribution is 7.87. The van der Waals surface area contributed by atoms with Crippen LogP contribution >= 0.6 is 12.4 Å². The van der Waals surface area contributed by atoms with Crippen LogP contribution in [0.3, 0.4) is 0 Å². The molecular weight excluding hydrogens is 356 g/mol. The van der Waals surface area contributed by atoms with Crippen molar-refractivity contribution in [3.63, 3.8) is 0 Å². The molecule has 0 unspecified atom stereocenters. The molecular formula is C13H21ClN6O3S. The summed E-state index contributed by atoms with van der Waals surface area (Å²) in [6, 6.07) is 0. The molecule has 1 fully saturated rings. The third kappa shape index (κ3) is 4.53. The van der Waals surface area contributed by atoms with E-state index in [9.17, 15) is 13.2 Å². The molecule has 0 aliphatic carbocycles. The van der Waals surface area contributed by atoms with Crippen molar-refractivity contribution in [3.05, 3.63) is 11.9 Å². The molecule has 0 spiro atoms. The molecule has 1 aromatic rings. The Hall–Kier alpha value is -1.49. The van der Waals surface area contributed by atoms with Crippen molar-refractivity contribution in [2.45, 2.75) is 25.7 Å². The van der Waals surface area contributed by atoms with Gasteiger partial charge in [-0.15, -0.1) is 12.4 Å². The lowest BCUT2D eigenvalue weighted by Crippen LogP contribution is -2.37. The number of nitrogens with zero attached hydrogens (tertiary/aromatic N) is 3. The zero-order valence-electron chi connectivity index (χ0n) is 13.1. The van der Waals surface area contributed by atoms with E-state index in [4.69, 9.17) is 5.14 Å². The Morgan fingerprint density at radius 3 is 2.71 bits per heavy atom. The van der Waals surface area contributed by atoms with E-state index >= 15 is 0 Å². The van der Waals surface area contributed by atoms with Crippen molar-refractivity contribution in [2.24, 2.45) is 11.1 Å². The maximum atomic E-state index is 11.5. The Balaban J connectivity index is 0.00000208. The molecule has 9 nitrogen and oxygen atoms in total. The number of nitrogens with one attached hydrogen (secondary N) is 2. The minimum absolute atomic E-state index is 0. The molecule has 0 saturated carbocycles. The Bertz CT molecular complexity index is 706. The predicted molar refractivity (Wildman–Crippen MR) is 92.3 cm³/mol. The van der Waals surface area contributed by atoms with E-state index in [0.717, 1.165) is 43.7 Å². The van der Waals surface area contributed by atoms with Crippen LogP contribution in [0, 0.1) is 5.92 Å². The first-order valence-electron chi connectivity index (χ1n) is 7.58. The number of carbonyl (C=O) groups is 1. The fraction of sp³-hybridized carbons (Fsp3) is 0.615. The number of carbonyl (C=O) groups excluding carboxylic acids is 1. The third-order valence-electron chi connectivity index (χ3n) is 4.29. The lowest BCUT2D eigenvalue weighted by Gasteiger charge is -2.33. The minimum atomic E-state index is -3.61. The van der Waals surface area contributed by atoms with Crippen molar-refractivity contribution >= 4 is 40.2 Å². The summed E-state index contributed by atoms with van der Waals surface area (Å²) in [6.07, 6.45) is 4.47. The van der Waals surface area contributed by atoms with Gasteiger partial charge in [0.15, 0.2) is 0 Å². The van der Waals surface area contributed by atoms with E-state index < -0.39 is 10.2 Å². The SMILES string of the molecule is Cl.NS(=O)(=O)NCCC1CCN(c2ncnc3c2CC(=O)N3)CC1. The Morgan fingerprint density at radius 1 is 1.33 bits per heavy atom. The van der Waals surface area contributed by atoms with Gasteiger partial charge in [0.05, 0.1) is 6.42 Å². The summed E-state index contributed by atoms with van der Waals surface area (Å²) in [5, 5.41) is 7.65. The zero-order chi connectivity index (χ0) is 16.4. The monoisotopic (exact) mass is 376 g/mol. The van der Waals surface area contributed by atoms with Gasteiger partial charge in [-0.3, -0.25) is 4.79 Å². The van der Waals surface area contributed by atoms with Crippen molar-refractivity contribution in [2.75, 3.05) is 29.9 Å². The van der Waals surface area contributed by atoms with Crippen LogP contribution < -0.4 is 20.1 Å². The molecule has 1 aromatic heterocycles. The summed E-state index contributed by atoms with van der Waals surface area (Å²) in [5.74, 6) is 1.84. The number of piperidine rings is 1. The van der Waals surface area contributed by atoms with Crippen LogP contribution in [0.1, 0.15) is 24.8 Å². The fourth-order valence-corrected chi connectivity index (χ4v) is 3.52. The van der Waals surface area contributed by atoms with Crippen LogP contribution in [0.4, 0.5) is 11.6 Å². The van der Waals surface area contributed by atoms with E-state index in [1.807, 2.05) is 0 Å².